The van der Waals surface area contributed by atoms with Gasteiger partial charge in [-0.3, -0.25) is 4.99 Å². The van der Waals surface area contributed by atoms with Gasteiger partial charge in [0.2, 0.25) is 0 Å². The number of aliphatic imine (C=N–C) groups is 1. The molecule has 3 nitrogen and oxygen atoms in total. The highest BCUT2D eigenvalue weighted by Gasteiger charge is 2.11. The van der Waals surface area contributed by atoms with E-state index in [0.717, 1.165) is 30.5 Å². The lowest BCUT2D eigenvalue weighted by Gasteiger charge is -2.23. The predicted octanol–water partition coefficient (Wildman–Crippen LogP) is 3.24. The van der Waals surface area contributed by atoms with Crippen molar-refractivity contribution in [3.05, 3.63) is 34.9 Å². The molecule has 1 aromatic rings. The molecule has 0 radical (unpaired) electrons. The van der Waals surface area contributed by atoms with Crippen molar-refractivity contribution >= 4 is 17.6 Å². The lowest BCUT2D eigenvalue weighted by Crippen LogP contribution is -2.47. The Kier molecular flexibility index (Phi) is 6.16. The van der Waals surface area contributed by atoms with Gasteiger partial charge in [0.25, 0.3) is 0 Å². The summed E-state index contributed by atoms with van der Waals surface area (Å²) in [5.74, 6) is 0.865. The molecule has 0 aromatic heterocycles. The van der Waals surface area contributed by atoms with Crippen LogP contribution in [-0.4, -0.2) is 24.6 Å². The first-order chi connectivity index (χ1) is 8.90. The SMILES string of the molecule is CCNC(=NCCc1ccc(Cl)cc1)NC(C)(C)C. The van der Waals surface area contributed by atoms with Crippen molar-refractivity contribution in [1.82, 2.24) is 10.6 Å². The van der Waals surface area contributed by atoms with Crippen molar-refractivity contribution in [2.75, 3.05) is 13.1 Å². The van der Waals surface area contributed by atoms with Crippen LogP contribution >= 0.6 is 11.6 Å². The number of hydrogen-bond donors (Lipinski definition) is 2. The molecular weight excluding hydrogens is 258 g/mol. The lowest BCUT2D eigenvalue weighted by atomic mass is 10.1. The normalized spacial score (nSPS) is 12.4. The maximum atomic E-state index is 5.86. The summed E-state index contributed by atoms with van der Waals surface area (Å²) in [5.41, 5.74) is 1.26. The van der Waals surface area contributed by atoms with Gasteiger partial charge in [-0.25, -0.2) is 0 Å². The second kappa shape index (κ2) is 7.39. The van der Waals surface area contributed by atoms with Crippen molar-refractivity contribution in [2.24, 2.45) is 4.99 Å². The Labute approximate surface area is 121 Å². The highest BCUT2D eigenvalue weighted by Crippen LogP contribution is 2.09. The molecule has 0 aliphatic heterocycles. The minimum absolute atomic E-state index is 0.0152. The molecule has 0 amide bonds. The van der Waals surface area contributed by atoms with Gasteiger partial charge < -0.3 is 10.6 Å². The van der Waals surface area contributed by atoms with Crippen molar-refractivity contribution in [1.29, 1.82) is 0 Å². The summed E-state index contributed by atoms with van der Waals surface area (Å²) < 4.78 is 0. The summed E-state index contributed by atoms with van der Waals surface area (Å²) in [6.45, 7) is 10.1. The van der Waals surface area contributed by atoms with E-state index in [1.54, 1.807) is 0 Å². The van der Waals surface area contributed by atoms with Gasteiger partial charge in [0.15, 0.2) is 5.96 Å². The van der Waals surface area contributed by atoms with Gasteiger partial charge in [-0.15, -0.1) is 0 Å². The van der Waals surface area contributed by atoms with Gasteiger partial charge in [0.1, 0.15) is 0 Å². The Hall–Kier alpha value is -1.22. The van der Waals surface area contributed by atoms with Crippen molar-refractivity contribution in [2.45, 2.75) is 39.7 Å². The van der Waals surface area contributed by atoms with Gasteiger partial charge in [-0.05, 0) is 51.8 Å². The number of nitrogens with one attached hydrogen (secondary N) is 2. The molecular formula is C15H24ClN3. The second-order valence-electron chi connectivity index (χ2n) is 5.51. The maximum Gasteiger partial charge on any atom is 0.191 e. The number of rotatable bonds is 4. The summed E-state index contributed by atoms with van der Waals surface area (Å²) >= 11 is 5.86. The van der Waals surface area contributed by atoms with Crippen LogP contribution in [0.5, 0.6) is 0 Å². The molecule has 0 aliphatic carbocycles. The zero-order valence-corrected chi connectivity index (χ0v) is 13.0. The van der Waals surface area contributed by atoms with Crippen LogP contribution in [0.2, 0.25) is 5.02 Å². The van der Waals surface area contributed by atoms with Gasteiger partial charge in [-0.2, -0.15) is 0 Å². The van der Waals surface area contributed by atoms with Gasteiger partial charge in [0, 0.05) is 23.7 Å². The van der Waals surface area contributed by atoms with E-state index >= 15 is 0 Å². The number of nitrogens with zero attached hydrogens (tertiary/aromatic N) is 1. The minimum atomic E-state index is 0.0152. The smallest absolute Gasteiger partial charge is 0.191 e. The fraction of sp³-hybridized carbons (Fsp3) is 0.533. The molecule has 19 heavy (non-hydrogen) atoms. The van der Waals surface area contributed by atoms with E-state index in [-0.39, 0.29) is 5.54 Å². The number of guanidine groups is 1. The molecule has 0 saturated carbocycles. The van der Waals surface area contributed by atoms with Crippen molar-refractivity contribution < 1.29 is 0 Å². The topological polar surface area (TPSA) is 36.4 Å². The van der Waals surface area contributed by atoms with Crippen LogP contribution in [0.1, 0.15) is 33.3 Å². The minimum Gasteiger partial charge on any atom is -0.357 e. The van der Waals surface area contributed by atoms with Gasteiger partial charge in [-0.1, -0.05) is 23.7 Å². The molecule has 0 aliphatic rings. The fourth-order valence-corrected chi connectivity index (χ4v) is 1.74. The fourth-order valence-electron chi connectivity index (χ4n) is 1.61. The lowest BCUT2D eigenvalue weighted by molar-refractivity contribution is 0.501. The second-order valence-corrected chi connectivity index (χ2v) is 5.95. The van der Waals surface area contributed by atoms with E-state index in [9.17, 15) is 0 Å². The third-order valence-electron chi connectivity index (χ3n) is 2.42. The number of hydrogen-bond acceptors (Lipinski definition) is 1. The standard InChI is InChI=1S/C15H24ClN3/c1-5-17-14(19-15(2,3)4)18-11-10-12-6-8-13(16)9-7-12/h6-9H,5,10-11H2,1-4H3,(H2,17,18,19). The molecule has 2 N–H and O–H groups in total. The Morgan fingerprint density at radius 3 is 2.37 bits per heavy atom. The molecule has 4 heteroatoms. The summed E-state index contributed by atoms with van der Waals surface area (Å²) in [7, 11) is 0. The van der Waals surface area contributed by atoms with Crippen LogP contribution in [0.15, 0.2) is 29.3 Å². The highest BCUT2D eigenvalue weighted by atomic mass is 35.5. The highest BCUT2D eigenvalue weighted by molar-refractivity contribution is 6.30. The first-order valence-electron chi connectivity index (χ1n) is 6.71. The average molecular weight is 282 g/mol. The maximum absolute atomic E-state index is 5.86. The summed E-state index contributed by atoms with van der Waals surface area (Å²) in [6, 6.07) is 7.92. The third-order valence-corrected chi connectivity index (χ3v) is 2.67. The summed E-state index contributed by atoms with van der Waals surface area (Å²) in [6.07, 6.45) is 0.915. The Morgan fingerprint density at radius 1 is 1.21 bits per heavy atom. The Morgan fingerprint density at radius 2 is 1.84 bits per heavy atom. The summed E-state index contributed by atoms with van der Waals surface area (Å²) in [5, 5.41) is 7.40. The molecule has 0 unspecified atom stereocenters. The van der Waals surface area contributed by atoms with E-state index < -0.39 is 0 Å². The van der Waals surface area contributed by atoms with Crippen LogP contribution in [0, 0.1) is 0 Å². The number of halogens is 1. The van der Waals surface area contributed by atoms with E-state index in [2.05, 4.69) is 43.3 Å². The molecule has 0 fully saturated rings. The predicted molar refractivity (Wildman–Crippen MR) is 84.0 cm³/mol. The van der Waals surface area contributed by atoms with E-state index in [1.165, 1.54) is 5.56 Å². The Balaban J connectivity index is 2.53. The van der Waals surface area contributed by atoms with Crippen LogP contribution < -0.4 is 10.6 Å². The van der Waals surface area contributed by atoms with Crippen LogP contribution in [-0.2, 0) is 6.42 Å². The van der Waals surface area contributed by atoms with E-state index in [1.807, 2.05) is 24.3 Å². The molecule has 106 valence electrons. The zero-order chi connectivity index (χ0) is 14.3. The first kappa shape index (κ1) is 15.8. The summed E-state index contributed by atoms with van der Waals surface area (Å²) in [4.78, 5) is 4.58. The average Bonchev–Trinajstić information content (AvgIpc) is 2.30. The molecule has 0 heterocycles. The molecule has 0 atom stereocenters. The molecule has 1 rings (SSSR count). The van der Waals surface area contributed by atoms with Crippen molar-refractivity contribution in [3.8, 4) is 0 Å². The van der Waals surface area contributed by atoms with Crippen molar-refractivity contribution in [3.63, 3.8) is 0 Å². The zero-order valence-electron chi connectivity index (χ0n) is 12.3. The quantitative estimate of drug-likeness (QED) is 0.657. The van der Waals surface area contributed by atoms with Gasteiger partial charge >= 0.3 is 0 Å². The van der Waals surface area contributed by atoms with Crippen LogP contribution in [0.4, 0.5) is 0 Å². The largest absolute Gasteiger partial charge is 0.357 e. The monoisotopic (exact) mass is 281 g/mol. The Bertz CT molecular complexity index is 404. The van der Waals surface area contributed by atoms with Crippen LogP contribution in [0.25, 0.3) is 0 Å². The molecule has 1 aromatic carbocycles. The molecule has 0 spiro atoms. The molecule has 0 saturated heterocycles. The third kappa shape index (κ3) is 7.06. The number of benzene rings is 1. The molecule has 0 bridgehead atoms. The van der Waals surface area contributed by atoms with Crippen LogP contribution in [0.3, 0.4) is 0 Å². The van der Waals surface area contributed by atoms with E-state index in [4.69, 9.17) is 11.6 Å². The van der Waals surface area contributed by atoms with E-state index in [0.29, 0.717) is 0 Å². The van der Waals surface area contributed by atoms with Gasteiger partial charge in [0.05, 0.1) is 0 Å². The first-order valence-corrected chi connectivity index (χ1v) is 7.09.